The van der Waals surface area contributed by atoms with E-state index >= 15 is 0 Å². The van der Waals surface area contributed by atoms with Crippen LogP contribution in [0.5, 0.6) is 0 Å². The van der Waals surface area contributed by atoms with Crippen molar-refractivity contribution >= 4 is 11.8 Å². The van der Waals surface area contributed by atoms with E-state index in [4.69, 9.17) is 0 Å². The molecular weight excluding hydrogens is 270 g/mol. The number of hydrogen-bond donors (Lipinski definition) is 1. The van der Waals surface area contributed by atoms with Crippen LogP contribution in [0.25, 0.3) is 0 Å². The Morgan fingerprint density at radius 2 is 2.14 bits per heavy atom. The van der Waals surface area contributed by atoms with E-state index in [1.807, 2.05) is 20.3 Å². The fraction of sp³-hybridized carbons (Fsp3) is 0.538. The number of anilines is 1. The first-order valence-electron chi connectivity index (χ1n) is 7.25. The summed E-state index contributed by atoms with van der Waals surface area (Å²) in [7, 11) is 0. The lowest BCUT2D eigenvalue weighted by Gasteiger charge is -2.17. The molecule has 0 spiro atoms. The lowest BCUT2D eigenvalue weighted by atomic mass is 10.3. The molecule has 110 valence electrons. The van der Waals surface area contributed by atoms with Gasteiger partial charge < -0.3 is 4.90 Å². The molecule has 3 heterocycles. The van der Waals surface area contributed by atoms with Crippen molar-refractivity contribution < 1.29 is 4.79 Å². The van der Waals surface area contributed by atoms with E-state index < -0.39 is 0 Å². The van der Waals surface area contributed by atoms with Gasteiger partial charge in [-0.05, 0) is 19.3 Å². The summed E-state index contributed by atoms with van der Waals surface area (Å²) >= 11 is 0. The SMILES string of the molecule is O=C(Nc1ccnn1C1CC1)N1CCC(n2cncn2)C1. The molecule has 1 aliphatic carbocycles. The molecule has 1 atom stereocenters. The van der Waals surface area contributed by atoms with Gasteiger partial charge in [0.05, 0.1) is 18.3 Å². The first-order chi connectivity index (χ1) is 10.3. The molecule has 2 aromatic rings. The molecule has 2 aliphatic rings. The summed E-state index contributed by atoms with van der Waals surface area (Å²) in [4.78, 5) is 18.1. The standard InChI is InChI=1S/C13H17N7O/c21-13(17-12-3-5-15-20(12)10-1-2-10)18-6-4-11(7-18)19-9-14-8-16-19/h3,5,8-11H,1-2,4,6-7H2,(H,17,21). The van der Waals surface area contributed by atoms with E-state index in [2.05, 4.69) is 20.5 Å². The van der Waals surface area contributed by atoms with E-state index in [1.54, 1.807) is 12.5 Å². The van der Waals surface area contributed by atoms with Gasteiger partial charge in [0, 0.05) is 19.2 Å². The van der Waals surface area contributed by atoms with E-state index in [9.17, 15) is 4.79 Å². The van der Waals surface area contributed by atoms with Crippen LogP contribution in [0.15, 0.2) is 24.9 Å². The molecule has 0 aromatic carbocycles. The Kier molecular flexibility index (Phi) is 2.87. The normalized spacial score (nSPS) is 21.7. The van der Waals surface area contributed by atoms with Crippen LogP contribution in [0, 0.1) is 0 Å². The van der Waals surface area contributed by atoms with Gasteiger partial charge in [0.1, 0.15) is 18.5 Å². The Morgan fingerprint density at radius 3 is 2.90 bits per heavy atom. The summed E-state index contributed by atoms with van der Waals surface area (Å²) in [5.74, 6) is 0.784. The van der Waals surface area contributed by atoms with Gasteiger partial charge in [-0.2, -0.15) is 10.2 Å². The van der Waals surface area contributed by atoms with E-state index in [1.165, 1.54) is 6.33 Å². The highest BCUT2D eigenvalue weighted by atomic mass is 16.2. The lowest BCUT2D eigenvalue weighted by Crippen LogP contribution is -2.34. The van der Waals surface area contributed by atoms with Crippen molar-refractivity contribution in [3.63, 3.8) is 0 Å². The summed E-state index contributed by atoms with van der Waals surface area (Å²) in [5.41, 5.74) is 0. The molecular formula is C13H17N7O. The van der Waals surface area contributed by atoms with Gasteiger partial charge in [-0.15, -0.1) is 0 Å². The van der Waals surface area contributed by atoms with Gasteiger partial charge in [0.2, 0.25) is 0 Å². The summed E-state index contributed by atoms with van der Waals surface area (Å²) in [6.07, 6.45) is 8.14. The van der Waals surface area contributed by atoms with E-state index in [0.29, 0.717) is 12.6 Å². The number of carbonyl (C=O) groups is 1. The van der Waals surface area contributed by atoms with Crippen LogP contribution >= 0.6 is 0 Å². The van der Waals surface area contributed by atoms with Crippen LogP contribution in [0.4, 0.5) is 10.6 Å². The first kappa shape index (κ1) is 12.4. The molecule has 8 nitrogen and oxygen atoms in total. The molecule has 4 rings (SSSR count). The van der Waals surface area contributed by atoms with Crippen LogP contribution in [-0.4, -0.2) is 48.6 Å². The van der Waals surface area contributed by atoms with E-state index in [0.717, 1.165) is 31.6 Å². The maximum atomic E-state index is 12.4. The zero-order valence-corrected chi connectivity index (χ0v) is 11.6. The predicted molar refractivity (Wildman–Crippen MR) is 74.8 cm³/mol. The van der Waals surface area contributed by atoms with Crippen molar-refractivity contribution in [2.75, 3.05) is 18.4 Å². The summed E-state index contributed by atoms with van der Waals surface area (Å²) in [5, 5.41) is 11.4. The van der Waals surface area contributed by atoms with Crippen LogP contribution in [0.1, 0.15) is 31.3 Å². The minimum atomic E-state index is -0.0694. The van der Waals surface area contributed by atoms with Crippen LogP contribution < -0.4 is 5.32 Å². The summed E-state index contributed by atoms with van der Waals surface area (Å²) in [6, 6.07) is 2.45. The van der Waals surface area contributed by atoms with Crippen molar-refractivity contribution in [1.29, 1.82) is 0 Å². The largest absolute Gasteiger partial charge is 0.323 e. The zero-order chi connectivity index (χ0) is 14.2. The second-order valence-electron chi connectivity index (χ2n) is 5.59. The van der Waals surface area contributed by atoms with Crippen molar-refractivity contribution in [1.82, 2.24) is 29.4 Å². The molecule has 0 bridgehead atoms. The monoisotopic (exact) mass is 287 g/mol. The second-order valence-corrected chi connectivity index (χ2v) is 5.59. The van der Waals surface area contributed by atoms with Gasteiger partial charge in [-0.1, -0.05) is 0 Å². The van der Waals surface area contributed by atoms with Gasteiger partial charge in [0.15, 0.2) is 0 Å². The Hall–Kier alpha value is -2.38. The number of hydrogen-bond acceptors (Lipinski definition) is 4. The molecule has 0 radical (unpaired) electrons. The van der Waals surface area contributed by atoms with Gasteiger partial charge in [-0.25, -0.2) is 19.1 Å². The number of carbonyl (C=O) groups excluding carboxylic acids is 1. The molecule has 21 heavy (non-hydrogen) atoms. The topological polar surface area (TPSA) is 80.9 Å². The quantitative estimate of drug-likeness (QED) is 0.922. The zero-order valence-electron chi connectivity index (χ0n) is 11.6. The number of amides is 2. The number of urea groups is 1. The van der Waals surface area contributed by atoms with Gasteiger partial charge in [0.25, 0.3) is 0 Å². The Balaban J connectivity index is 1.40. The highest BCUT2D eigenvalue weighted by molar-refractivity contribution is 5.88. The smallest absolute Gasteiger partial charge is 0.322 e. The number of likely N-dealkylation sites (tertiary alicyclic amines) is 1. The Labute approximate surface area is 121 Å². The highest BCUT2D eigenvalue weighted by Gasteiger charge is 2.30. The Morgan fingerprint density at radius 1 is 1.24 bits per heavy atom. The minimum Gasteiger partial charge on any atom is -0.322 e. The van der Waals surface area contributed by atoms with Crippen molar-refractivity contribution in [2.24, 2.45) is 0 Å². The predicted octanol–water partition coefficient (Wildman–Crippen LogP) is 1.29. The number of rotatable bonds is 3. The van der Waals surface area contributed by atoms with Crippen molar-refractivity contribution in [3.8, 4) is 0 Å². The van der Waals surface area contributed by atoms with Crippen molar-refractivity contribution in [2.45, 2.75) is 31.3 Å². The minimum absolute atomic E-state index is 0.0694. The molecule has 1 aliphatic heterocycles. The van der Waals surface area contributed by atoms with Gasteiger partial charge in [-0.3, -0.25) is 5.32 Å². The van der Waals surface area contributed by atoms with E-state index in [-0.39, 0.29) is 12.1 Å². The van der Waals surface area contributed by atoms with Crippen LogP contribution in [0.2, 0.25) is 0 Å². The first-order valence-corrected chi connectivity index (χ1v) is 7.25. The maximum absolute atomic E-state index is 12.4. The fourth-order valence-corrected chi connectivity index (χ4v) is 2.76. The molecule has 2 fully saturated rings. The molecule has 1 saturated heterocycles. The fourth-order valence-electron chi connectivity index (χ4n) is 2.76. The summed E-state index contributed by atoms with van der Waals surface area (Å²) < 4.78 is 3.73. The van der Waals surface area contributed by atoms with Crippen LogP contribution in [0.3, 0.4) is 0 Å². The number of nitrogens with zero attached hydrogens (tertiary/aromatic N) is 6. The molecule has 1 saturated carbocycles. The lowest BCUT2D eigenvalue weighted by molar-refractivity contribution is 0.220. The molecule has 2 aromatic heterocycles. The molecule has 8 heteroatoms. The molecule has 2 amide bonds. The summed E-state index contributed by atoms with van der Waals surface area (Å²) in [6.45, 7) is 1.39. The second kappa shape index (κ2) is 4.87. The third-order valence-electron chi connectivity index (χ3n) is 4.06. The average molecular weight is 287 g/mol. The number of aromatic nitrogens is 5. The molecule has 1 unspecified atom stereocenters. The third kappa shape index (κ3) is 2.37. The molecule has 1 N–H and O–H groups in total. The van der Waals surface area contributed by atoms with Crippen LogP contribution in [-0.2, 0) is 0 Å². The number of nitrogens with one attached hydrogen (secondary N) is 1. The van der Waals surface area contributed by atoms with Crippen molar-refractivity contribution in [3.05, 3.63) is 24.9 Å². The maximum Gasteiger partial charge on any atom is 0.323 e. The Bertz CT molecular complexity index is 631. The average Bonchev–Trinajstić information content (AvgIpc) is 2.94. The third-order valence-corrected chi connectivity index (χ3v) is 4.06. The highest BCUT2D eigenvalue weighted by Crippen LogP contribution is 2.36. The van der Waals surface area contributed by atoms with Gasteiger partial charge >= 0.3 is 6.03 Å².